The Hall–Kier alpha value is 0.0500. The van der Waals surface area contributed by atoms with E-state index in [1.165, 1.54) is 19.3 Å². The molecule has 1 rings (SSSR count). The minimum absolute atomic E-state index is 0.539. The summed E-state index contributed by atoms with van der Waals surface area (Å²) in [6, 6.07) is 0. The topological polar surface area (TPSA) is 19.9 Å². The van der Waals surface area contributed by atoms with Crippen LogP contribution in [0, 0.1) is 0 Å². The van der Waals surface area contributed by atoms with Crippen molar-refractivity contribution in [3.05, 3.63) is 0 Å². The molecule has 0 saturated heterocycles. The molecule has 2 heteroatoms. The molecule has 0 bridgehead atoms. The molecule has 0 aromatic heterocycles. The van der Waals surface area contributed by atoms with Crippen LogP contribution in [0.5, 0.6) is 0 Å². The van der Waals surface area contributed by atoms with E-state index in [2.05, 4.69) is 0 Å². The number of hydrogen-bond donors (Lipinski definition) is 0. The van der Waals surface area contributed by atoms with Crippen molar-refractivity contribution in [2.45, 2.75) is 51.0 Å². The number of hydrogen-bond acceptors (Lipinski definition) is 1. The van der Waals surface area contributed by atoms with Crippen molar-refractivity contribution in [2.75, 3.05) is 0 Å². The zero-order valence-electron chi connectivity index (χ0n) is 6.84. The van der Waals surface area contributed by atoms with Crippen LogP contribution >= 0.6 is 12.2 Å². The van der Waals surface area contributed by atoms with Gasteiger partial charge in [0.15, 0.2) is 0 Å². The zero-order chi connectivity index (χ0) is 8.10. The summed E-state index contributed by atoms with van der Waals surface area (Å²) in [6.07, 6.45) is 7.11. The van der Waals surface area contributed by atoms with Crippen molar-refractivity contribution in [3.8, 4) is 0 Å². The van der Waals surface area contributed by atoms with Crippen LogP contribution < -0.4 is 0 Å². The third-order valence-corrected chi connectivity index (χ3v) is 2.72. The molecule has 1 saturated carbocycles. The number of rotatable bonds is 0. The Balaban J connectivity index is 2.35. The van der Waals surface area contributed by atoms with Gasteiger partial charge in [-0.25, -0.2) is 5.11 Å². The first-order valence-corrected chi connectivity index (χ1v) is 4.90. The van der Waals surface area contributed by atoms with Crippen molar-refractivity contribution >= 4 is 17.1 Å². The lowest BCUT2D eigenvalue weighted by molar-refractivity contribution is 0.136. The smallest absolute Gasteiger partial charge is 0.124 e. The fraction of sp³-hybridized carbons (Fsp3) is 0.889. The standard InChI is InChI=1S/C9H15OS/c10-8-6-4-2-1-3-5-7-9(8)11/h8H,1-7H2. The maximum atomic E-state index is 11.3. The molecule has 1 unspecified atom stereocenters. The summed E-state index contributed by atoms with van der Waals surface area (Å²) in [5.74, 6) is 0. The molecule has 1 aliphatic carbocycles. The molecule has 1 aliphatic rings. The first-order chi connectivity index (χ1) is 5.30. The summed E-state index contributed by atoms with van der Waals surface area (Å²) in [6.45, 7) is 0. The van der Waals surface area contributed by atoms with Gasteiger partial charge in [0, 0.05) is 4.86 Å². The molecule has 0 N–H and O–H groups in total. The summed E-state index contributed by atoms with van der Waals surface area (Å²) < 4.78 is 0. The van der Waals surface area contributed by atoms with Gasteiger partial charge in [0.1, 0.15) is 6.10 Å². The Kier molecular flexibility index (Phi) is 4.02. The molecule has 0 heterocycles. The fourth-order valence-electron chi connectivity index (χ4n) is 1.48. The average molecular weight is 171 g/mol. The van der Waals surface area contributed by atoms with Crippen LogP contribution in [0.4, 0.5) is 0 Å². The van der Waals surface area contributed by atoms with Gasteiger partial charge in [0.2, 0.25) is 0 Å². The Morgan fingerprint density at radius 1 is 1.09 bits per heavy atom. The van der Waals surface area contributed by atoms with Gasteiger partial charge in [-0.1, -0.05) is 37.9 Å². The van der Waals surface area contributed by atoms with E-state index in [4.69, 9.17) is 12.2 Å². The van der Waals surface area contributed by atoms with Gasteiger partial charge < -0.3 is 0 Å². The lowest BCUT2D eigenvalue weighted by Crippen LogP contribution is -2.15. The van der Waals surface area contributed by atoms with Gasteiger partial charge >= 0.3 is 0 Å². The summed E-state index contributed by atoms with van der Waals surface area (Å²) in [5.41, 5.74) is 0. The third kappa shape index (κ3) is 3.30. The van der Waals surface area contributed by atoms with E-state index in [9.17, 15) is 5.11 Å². The van der Waals surface area contributed by atoms with Gasteiger partial charge in [-0.3, -0.25) is 0 Å². The summed E-state index contributed by atoms with van der Waals surface area (Å²) >= 11 is 5.02. The first kappa shape index (κ1) is 9.14. The molecule has 0 spiro atoms. The SMILES string of the molecule is [O]C1CCCCCCCC1=S. The van der Waals surface area contributed by atoms with Crippen LogP contribution in [-0.4, -0.2) is 11.0 Å². The van der Waals surface area contributed by atoms with Crippen LogP contribution in [0.15, 0.2) is 0 Å². The van der Waals surface area contributed by atoms with Crippen molar-refractivity contribution in [1.82, 2.24) is 0 Å². The second-order valence-electron chi connectivity index (χ2n) is 3.26. The highest BCUT2D eigenvalue weighted by atomic mass is 32.1. The van der Waals surface area contributed by atoms with Crippen LogP contribution in [0.25, 0.3) is 0 Å². The average Bonchev–Trinajstić information content (AvgIpc) is 2.07. The molecule has 1 nitrogen and oxygen atoms in total. The van der Waals surface area contributed by atoms with Crippen molar-refractivity contribution in [1.29, 1.82) is 0 Å². The molecule has 0 aliphatic heterocycles. The predicted octanol–water partition coefficient (Wildman–Crippen LogP) is 2.90. The van der Waals surface area contributed by atoms with Gasteiger partial charge in [0.25, 0.3) is 0 Å². The molecule has 11 heavy (non-hydrogen) atoms. The molecule has 1 fully saturated rings. The quantitative estimate of drug-likeness (QED) is 0.513. The van der Waals surface area contributed by atoms with Crippen LogP contribution in [0.1, 0.15) is 44.9 Å². The fourth-order valence-corrected chi connectivity index (χ4v) is 1.74. The normalized spacial score (nSPS) is 28.8. The zero-order valence-corrected chi connectivity index (χ0v) is 7.66. The second kappa shape index (κ2) is 4.83. The highest BCUT2D eigenvalue weighted by molar-refractivity contribution is 7.80. The maximum absolute atomic E-state index is 11.3. The summed E-state index contributed by atoms with van der Waals surface area (Å²) in [7, 11) is 0. The second-order valence-corrected chi connectivity index (χ2v) is 3.79. The van der Waals surface area contributed by atoms with Crippen molar-refractivity contribution in [2.24, 2.45) is 0 Å². The van der Waals surface area contributed by atoms with E-state index in [0.29, 0.717) is 0 Å². The molecule has 0 aromatic rings. The maximum Gasteiger partial charge on any atom is 0.124 e. The summed E-state index contributed by atoms with van der Waals surface area (Å²) in [5, 5.41) is 11.3. The monoisotopic (exact) mass is 171 g/mol. The minimum Gasteiger partial charge on any atom is -0.227 e. The van der Waals surface area contributed by atoms with Gasteiger partial charge in [-0.2, -0.15) is 0 Å². The molecule has 0 amide bonds. The lowest BCUT2D eigenvalue weighted by Gasteiger charge is -2.06. The predicted molar refractivity (Wildman–Crippen MR) is 49.4 cm³/mol. The Morgan fingerprint density at radius 2 is 1.73 bits per heavy atom. The van der Waals surface area contributed by atoms with E-state index < -0.39 is 6.10 Å². The molecule has 1 atom stereocenters. The van der Waals surface area contributed by atoms with Crippen molar-refractivity contribution < 1.29 is 5.11 Å². The molecular weight excluding hydrogens is 156 g/mol. The van der Waals surface area contributed by atoms with E-state index in [-0.39, 0.29) is 0 Å². The molecule has 63 valence electrons. The third-order valence-electron chi connectivity index (χ3n) is 2.25. The van der Waals surface area contributed by atoms with Crippen LogP contribution in [0.2, 0.25) is 0 Å². The summed E-state index contributed by atoms with van der Waals surface area (Å²) in [4.78, 5) is 0.770. The van der Waals surface area contributed by atoms with Crippen molar-refractivity contribution in [3.63, 3.8) is 0 Å². The molecule has 1 radical (unpaired) electrons. The van der Waals surface area contributed by atoms with Crippen LogP contribution in [0.3, 0.4) is 0 Å². The lowest BCUT2D eigenvalue weighted by atomic mass is 10.1. The van der Waals surface area contributed by atoms with E-state index >= 15 is 0 Å². The van der Waals surface area contributed by atoms with Gasteiger partial charge in [0.05, 0.1) is 0 Å². The van der Waals surface area contributed by atoms with E-state index in [1.54, 1.807) is 0 Å². The molecular formula is C9H15OS. The highest BCUT2D eigenvalue weighted by Gasteiger charge is 2.13. The number of thiocarbonyl (C=S) groups is 1. The van der Waals surface area contributed by atoms with E-state index in [0.717, 1.165) is 30.5 Å². The molecule has 0 aromatic carbocycles. The van der Waals surface area contributed by atoms with Crippen LogP contribution in [-0.2, 0) is 5.11 Å². The minimum atomic E-state index is -0.539. The Morgan fingerprint density at radius 3 is 2.55 bits per heavy atom. The van der Waals surface area contributed by atoms with Gasteiger partial charge in [-0.15, -0.1) is 0 Å². The first-order valence-electron chi connectivity index (χ1n) is 4.49. The largest absolute Gasteiger partial charge is 0.227 e. The van der Waals surface area contributed by atoms with E-state index in [1.807, 2.05) is 0 Å². The Labute approximate surface area is 73.8 Å². The Bertz CT molecular complexity index is 134. The van der Waals surface area contributed by atoms with Gasteiger partial charge in [-0.05, 0) is 19.3 Å². The highest BCUT2D eigenvalue weighted by Crippen LogP contribution is 2.15.